The minimum Gasteiger partial charge on any atom is -0.353 e. The molecule has 0 saturated heterocycles. The van der Waals surface area contributed by atoms with Gasteiger partial charge in [0.15, 0.2) is 11.6 Å². The second-order valence-corrected chi connectivity index (χ2v) is 8.66. The highest BCUT2D eigenvalue weighted by Crippen LogP contribution is 2.47. The number of aromatic nitrogens is 2. The highest BCUT2D eigenvalue weighted by Gasteiger charge is 2.37. The molecule has 4 heterocycles. The summed E-state index contributed by atoms with van der Waals surface area (Å²) in [6.07, 6.45) is 1.45. The van der Waals surface area contributed by atoms with Crippen molar-refractivity contribution in [3.8, 4) is 0 Å². The second-order valence-electron chi connectivity index (χ2n) is 8.66. The number of fused-ring (bicyclic) bond motifs is 10. The van der Waals surface area contributed by atoms with Crippen molar-refractivity contribution in [2.24, 2.45) is 0 Å². The van der Waals surface area contributed by atoms with Crippen molar-refractivity contribution < 1.29 is 22.8 Å². The lowest BCUT2D eigenvalue weighted by Gasteiger charge is -2.23. The summed E-state index contributed by atoms with van der Waals surface area (Å²) in [5.41, 5.74) is 3.35. The summed E-state index contributed by atoms with van der Waals surface area (Å²) in [6, 6.07) is 5.01. The number of amides is 2. The van der Waals surface area contributed by atoms with Gasteiger partial charge in [0, 0.05) is 39.2 Å². The summed E-state index contributed by atoms with van der Waals surface area (Å²) >= 11 is 0. The van der Waals surface area contributed by atoms with Crippen molar-refractivity contribution in [1.82, 2.24) is 14.9 Å². The first-order chi connectivity index (χ1) is 15.3. The summed E-state index contributed by atoms with van der Waals surface area (Å²) in [5, 5.41) is 4.05. The molecule has 8 heteroatoms. The Balaban J connectivity index is 1.87. The molecule has 0 saturated carbocycles. The molecule has 0 bridgehead atoms. The minimum atomic E-state index is -1.05. The van der Waals surface area contributed by atoms with Gasteiger partial charge in [-0.25, -0.2) is 13.2 Å². The smallest absolute Gasteiger partial charge is 0.259 e. The zero-order valence-electron chi connectivity index (χ0n) is 16.7. The van der Waals surface area contributed by atoms with Crippen LogP contribution < -0.4 is 5.32 Å². The van der Waals surface area contributed by atoms with Crippen molar-refractivity contribution >= 4 is 55.4 Å². The van der Waals surface area contributed by atoms with Crippen molar-refractivity contribution in [3.63, 3.8) is 0 Å². The number of H-pyrrole nitrogens is 1. The Morgan fingerprint density at radius 3 is 2.41 bits per heavy atom. The van der Waals surface area contributed by atoms with Crippen LogP contribution in [0.3, 0.4) is 0 Å². The number of hydrogen-bond donors (Lipinski definition) is 2. The number of aryl methyl sites for hydroxylation is 1. The molecule has 5 nitrogen and oxygen atoms in total. The molecule has 1 unspecified atom stereocenters. The fraction of sp³-hybridized carbons (Fsp3) is 0.167. The number of nitrogens with zero attached hydrogens (tertiary/aromatic N) is 1. The van der Waals surface area contributed by atoms with Gasteiger partial charge in [0.05, 0.1) is 27.7 Å². The van der Waals surface area contributed by atoms with Crippen molar-refractivity contribution in [2.75, 3.05) is 0 Å². The Labute approximate surface area is 177 Å². The number of halogens is 3. The fourth-order valence-electron chi connectivity index (χ4n) is 5.67. The molecule has 158 valence electrons. The number of imide groups is 1. The van der Waals surface area contributed by atoms with Gasteiger partial charge in [-0.15, -0.1) is 0 Å². The molecule has 3 aromatic carbocycles. The van der Waals surface area contributed by atoms with Gasteiger partial charge in [0.25, 0.3) is 11.8 Å². The molecule has 0 spiro atoms. The van der Waals surface area contributed by atoms with Gasteiger partial charge in [-0.05, 0) is 43.5 Å². The van der Waals surface area contributed by atoms with E-state index < -0.39 is 29.3 Å². The third-order valence-electron chi connectivity index (χ3n) is 6.92. The zero-order valence-corrected chi connectivity index (χ0v) is 16.7. The molecule has 5 aromatic rings. The molecule has 2 N–H and O–H groups in total. The molecule has 7 rings (SSSR count). The molecule has 32 heavy (non-hydrogen) atoms. The summed E-state index contributed by atoms with van der Waals surface area (Å²) in [4.78, 5) is 29.0. The van der Waals surface area contributed by atoms with E-state index in [2.05, 4.69) is 14.9 Å². The van der Waals surface area contributed by atoms with E-state index in [0.29, 0.717) is 44.5 Å². The van der Waals surface area contributed by atoms with E-state index in [1.54, 1.807) is 0 Å². The van der Waals surface area contributed by atoms with Gasteiger partial charge < -0.3 is 9.55 Å². The average molecular weight is 433 g/mol. The van der Waals surface area contributed by atoms with E-state index in [-0.39, 0.29) is 17.2 Å². The molecule has 2 aliphatic rings. The number of hydrogen-bond acceptors (Lipinski definition) is 2. The largest absolute Gasteiger partial charge is 0.353 e. The van der Waals surface area contributed by atoms with E-state index >= 15 is 0 Å². The molecule has 0 fully saturated rings. The first kappa shape index (κ1) is 17.8. The van der Waals surface area contributed by atoms with Gasteiger partial charge in [-0.1, -0.05) is 0 Å². The standard InChI is InChI=1S/C24H14F3N3O2/c1-8-2-3-9-4-10(25)5-12-17-19-18(23(31)29-24(19)32)16-11-6-13(26)14(27)7-15(11)28-20(16)22(17)30(8)21(9)12/h4-8,28H,2-3H2,1H3,(H,29,31,32). The van der Waals surface area contributed by atoms with Gasteiger partial charge in [-0.3, -0.25) is 14.9 Å². The van der Waals surface area contributed by atoms with Gasteiger partial charge in [0.2, 0.25) is 0 Å². The van der Waals surface area contributed by atoms with Crippen LogP contribution in [0.25, 0.3) is 43.6 Å². The third-order valence-corrected chi connectivity index (χ3v) is 6.92. The van der Waals surface area contributed by atoms with Gasteiger partial charge in [0.1, 0.15) is 5.82 Å². The normalized spacial score (nSPS) is 17.8. The summed E-state index contributed by atoms with van der Waals surface area (Å²) in [6.45, 7) is 2.04. The average Bonchev–Trinajstić information content (AvgIpc) is 3.36. The van der Waals surface area contributed by atoms with E-state index in [1.807, 2.05) is 6.92 Å². The first-order valence-electron chi connectivity index (χ1n) is 10.3. The molecule has 0 radical (unpaired) electrons. The molecule has 0 aliphatic carbocycles. The SMILES string of the molecule is CC1CCc2cc(F)cc3c4c5c(c6c7cc(F)c(F)cc7[nH]c6c4n1c23)C(=O)NC5=O. The summed E-state index contributed by atoms with van der Waals surface area (Å²) < 4.78 is 44.8. The van der Waals surface area contributed by atoms with Gasteiger partial charge in [-0.2, -0.15) is 0 Å². The quantitative estimate of drug-likeness (QED) is 0.328. The van der Waals surface area contributed by atoms with Crippen LogP contribution in [0.2, 0.25) is 0 Å². The summed E-state index contributed by atoms with van der Waals surface area (Å²) in [7, 11) is 0. The molecule has 2 aliphatic heterocycles. The van der Waals surface area contributed by atoms with E-state index in [1.165, 1.54) is 12.1 Å². The van der Waals surface area contributed by atoms with Crippen LogP contribution in [-0.4, -0.2) is 21.4 Å². The van der Waals surface area contributed by atoms with Gasteiger partial charge >= 0.3 is 0 Å². The Hall–Kier alpha value is -3.81. The van der Waals surface area contributed by atoms with E-state index in [4.69, 9.17) is 0 Å². The van der Waals surface area contributed by atoms with E-state index in [9.17, 15) is 22.8 Å². The first-order valence-corrected chi connectivity index (χ1v) is 10.3. The topological polar surface area (TPSA) is 66.9 Å². The van der Waals surface area contributed by atoms with E-state index in [0.717, 1.165) is 29.6 Å². The third kappa shape index (κ3) is 1.91. The molecule has 2 amide bonds. The van der Waals surface area contributed by atoms with Crippen molar-refractivity contribution in [2.45, 2.75) is 25.8 Å². The lowest BCUT2D eigenvalue weighted by atomic mass is 9.96. The van der Waals surface area contributed by atoms with Crippen LogP contribution in [0.1, 0.15) is 45.7 Å². The lowest BCUT2D eigenvalue weighted by molar-refractivity contribution is 0.0880. The second kappa shape index (κ2) is 5.51. The van der Waals surface area contributed by atoms with Crippen LogP contribution in [0.4, 0.5) is 13.2 Å². The van der Waals surface area contributed by atoms with Crippen LogP contribution in [0.5, 0.6) is 0 Å². The highest BCUT2D eigenvalue weighted by molar-refractivity contribution is 6.39. The predicted molar refractivity (Wildman–Crippen MR) is 114 cm³/mol. The maximum Gasteiger partial charge on any atom is 0.259 e. The van der Waals surface area contributed by atoms with Crippen molar-refractivity contribution in [3.05, 3.63) is 58.4 Å². The maximum absolute atomic E-state index is 14.6. The monoisotopic (exact) mass is 433 g/mol. The number of carbonyl (C=O) groups is 2. The Bertz CT molecular complexity index is 1750. The zero-order chi connectivity index (χ0) is 22.0. The molecular formula is C24H14F3N3O2. The van der Waals surface area contributed by atoms with Crippen LogP contribution in [0.15, 0.2) is 24.3 Å². The Morgan fingerprint density at radius 1 is 0.906 bits per heavy atom. The lowest BCUT2D eigenvalue weighted by Crippen LogP contribution is -2.20. The number of nitrogens with one attached hydrogen (secondary N) is 2. The minimum absolute atomic E-state index is 0.0364. The Morgan fingerprint density at radius 2 is 1.62 bits per heavy atom. The van der Waals surface area contributed by atoms with Crippen LogP contribution >= 0.6 is 0 Å². The maximum atomic E-state index is 14.6. The molecular weight excluding hydrogens is 419 g/mol. The molecule has 1 atom stereocenters. The number of carbonyl (C=O) groups excluding carboxylic acids is 2. The van der Waals surface area contributed by atoms with Crippen molar-refractivity contribution in [1.29, 1.82) is 0 Å². The number of aromatic amines is 1. The summed E-state index contributed by atoms with van der Waals surface area (Å²) in [5.74, 6) is -3.66. The number of rotatable bonds is 0. The fourth-order valence-corrected chi connectivity index (χ4v) is 5.67. The molecule has 2 aromatic heterocycles. The van der Waals surface area contributed by atoms with Crippen LogP contribution in [-0.2, 0) is 6.42 Å². The predicted octanol–water partition coefficient (Wildman–Crippen LogP) is 5.24. The highest BCUT2D eigenvalue weighted by atomic mass is 19.2. The Kier molecular flexibility index (Phi) is 3.07. The number of benzene rings is 3. The van der Waals surface area contributed by atoms with Crippen LogP contribution in [0, 0.1) is 17.5 Å².